The Kier molecular flexibility index (Phi) is 4.81. The zero-order valence-corrected chi connectivity index (χ0v) is 16.5. The Labute approximate surface area is 167 Å². The first kappa shape index (κ1) is 19.1. The highest BCUT2D eigenvalue weighted by Gasteiger charge is 2.29. The van der Waals surface area contributed by atoms with Crippen molar-refractivity contribution in [3.63, 3.8) is 0 Å². The summed E-state index contributed by atoms with van der Waals surface area (Å²) in [5.41, 5.74) is 3.28. The maximum atomic E-state index is 13.4. The van der Waals surface area contributed by atoms with Gasteiger partial charge in [0, 0.05) is 18.1 Å². The number of pyridine rings is 2. The summed E-state index contributed by atoms with van der Waals surface area (Å²) in [6.07, 6.45) is 3.25. The van der Waals surface area contributed by atoms with Gasteiger partial charge in [0.1, 0.15) is 16.1 Å². The van der Waals surface area contributed by atoms with Crippen molar-refractivity contribution in [3.8, 4) is 0 Å². The lowest BCUT2D eigenvalue weighted by molar-refractivity contribution is 0.598. The Morgan fingerprint density at radius 2 is 2.00 bits per heavy atom. The molecule has 1 aliphatic rings. The lowest BCUT2D eigenvalue weighted by Gasteiger charge is -2.21. The van der Waals surface area contributed by atoms with Crippen molar-refractivity contribution in [2.45, 2.75) is 31.2 Å². The Bertz CT molecular complexity index is 1300. The van der Waals surface area contributed by atoms with E-state index in [4.69, 9.17) is 5.84 Å². The highest BCUT2D eigenvalue weighted by atomic mass is 32.2. The number of sulfonamides is 1. The fourth-order valence-corrected chi connectivity index (χ4v) is 4.52. The van der Waals surface area contributed by atoms with Gasteiger partial charge in [0.05, 0.1) is 11.4 Å². The summed E-state index contributed by atoms with van der Waals surface area (Å²) in [4.78, 5) is 17.8. The van der Waals surface area contributed by atoms with Gasteiger partial charge in [-0.1, -0.05) is 25.5 Å². The number of nitrogens with one attached hydrogen (secondary N) is 2. The van der Waals surface area contributed by atoms with Crippen molar-refractivity contribution < 1.29 is 8.42 Å². The molecule has 0 atom stereocenters. The predicted molar refractivity (Wildman–Crippen MR) is 113 cm³/mol. The number of aryl methyl sites for hydroxylation is 1. The second-order valence-corrected chi connectivity index (χ2v) is 8.19. The van der Waals surface area contributed by atoms with E-state index in [2.05, 4.69) is 20.1 Å². The maximum Gasteiger partial charge on any atom is 0.286 e. The van der Waals surface area contributed by atoms with Gasteiger partial charge in [-0.25, -0.2) is 4.98 Å². The van der Waals surface area contributed by atoms with Crippen LogP contribution < -0.4 is 22.1 Å². The quantitative estimate of drug-likeness (QED) is 0.432. The molecule has 0 bridgehead atoms. The molecule has 0 aliphatic carbocycles. The highest BCUT2D eigenvalue weighted by Crippen LogP contribution is 2.30. The first-order valence-corrected chi connectivity index (χ1v) is 10.6. The van der Waals surface area contributed by atoms with Crippen LogP contribution in [0.4, 0.5) is 11.4 Å². The molecule has 4 N–H and O–H groups in total. The molecule has 2 aromatic heterocycles. The second-order valence-electron chi connectivity index (χ2n) is 6.62. The molecule has 4 rings (SSSR count). The maximum absolute atomic E-state index is 13.4. The highest BCUT2D eigenvalue weighted by molar-refractivity contribution is 7.90. The van der Waals surface area contributed by atoms with Crippen molar-refractivity contribution >= 4 is 38.3 Å². The summed E-state index contributed by atoms with van der Waals surface area (Å²) in [6.45, 7) is 2.46. The topological polar surface area (TPSA) is 131 Å². The fourth-order valence-electron chi connectivity index (χ4n) is 3.40. The molecule has 3 aromatic rings. The Morgan fingerprint density at radius 3 is 2.76 bits per heavy atom. The molecule has 0 saturated carbocycles. The number of fused-ring (bicyclic) bond motifs is 2. The third-order valence-corrected chi connectivity index (χ3v) is 6.10. The van der Waals surface area contributed by atoms with Crippen LogP contribution in [0.5, 0.6) is 0 Å². The van der Waals surface area contributed by atoms with E-state index >= 15 is 0 Å². The molecule has 3 heterocycles. The Morgan fingerprint density at radius 1 is 1.21 bits per heavy atom. The minimum atomic E-state index is -3.97. The number of aromatic nitrogens is 2. The van der Waals surface area contributed by atoms with E-state index in [1.165, 1.54) is 10.6 Å². The predicted octanol–water partition coefficient (Wildman–Crippen LogP) is 2.04. The van der Waals surface area contributed by atoms with E-state index in [0.29, 0.717) is 23.3 Å². The zero-order chi connectivity index (χ0) is 20.6. The lowest BCUT2D eigenvalue weighted by atomic mass is 10.1. The van der Waals surface area contributed by atoms with E-state index in [-0.39, 0.29) is 22.0 Å². The Balaban J connectivity index is 2.03. The monoisotopic (exact) mass is 412 g/mol. The van der Waals surface area contributed by atoms with Gasteiger partial charge in [-0.15, -0.1) is 4.40 Å². The van der Waals surface area contributed by atoms with Gasteiger partial charge in [0.25, 0.3) is 15.6 Å². The summed E-state index contributed by atoms with van der Waals surface area (Å²) in [5, 5.41) is 3.57. The SMILES string of the molecule is CCCCn1c(=O)c(C2=NS(=O)(=O)c3ccccc3N2)c(NN)c2cccnc21. The number of amidine groups is 1. The molecule has 0 amide bonds. The lowest BCUT2D eigenvalue weighted by Crippen LogP contribution is -2.35. The molecule has 1 aliphatic heterocycles. The summed E-state index contributed by atoms with van der Waals surface area (Å²) >= 11 is 0. The van der Waals surface area contributed by atoms with Crippen LogP contribution in [0.3, 0.4) is 0 Å². The number of para-hydroxylation sites is 1. The molecule has 0 saturated heterocycles. The number of nitrogens with zero attached hydrogens (tertiary/aromatic N) is 3. The van der Waals surface area contributed by atoms with Gasteiger partial charge in [0.15, 0.2) is 5.84 Å². The number of rotatable bonds is 5. The fraction of sp³-hybridized carbons (Fsp3) is 0.211. The van der Waals surface area contributed by atoms with Crippen LogP contribution in [-0.4, -0.2) is 23.8 Å². The molecule has 0 spiro atoms. The van der Waals surface area contributed by atoms with Crippen LogP contribution in [0.25, 0.3) is 11.0 Å². The summed E-state index contributed by atoms with van der Waals surface area (Å²) in [5.74, 6) is 5.67. The minimum absolute atomic E-state index is 0.0553. The molecular formula is C19H20N6O3S. The number of hydrogen-bond acceptors (Lipinski definition) is 7. The number of anilines is 2. The summed E-state index contributed by atoms with van der Waals surface area (Å²) in [7, 11) is -3.97. The molecule has 150 valence electrons. The van der Waals surface area contributed by atoms with Gasteiger partial charge < -0.3 is 10.7 Å². The van der Waals surface area contributed by atoms with Crippen LogP contribution in [-0.2, 0) is 16.6 Å². The number of nitrogens with two attached hydrogens (primary N) is 1. The third-order valence-electron chi connectivity index (χ3n) is 4.77. The van der Waals surface area contributed by atoms with Crippen LogP contribution >= 0.6 is 0 Å². The smallest absolute Gasteiger partial charge is 0.286 e. The first-order chi connectivity index (χ1) is 14.0. The van der Waals surface area contributed by atoms with E-state index in [1.54, 1.807) is 36.5 Å². The second kappa shape index (κ2) is 7.30. The van der Waals surface area contributed by atoms with E-state index in [9.17, 15) is 13.2 Å². The number of hydrazine groups is 1. The summed E-state index contributed by atoms with van der Waals surface area (Å²) < 4.78 is 30.8. The normalized spacial score (nSPS) is 14.8. The number of unbranched alkanes of at least 4 members (excludes halogenated alkanes) is 1. The number of hydrogen-bond donors (Lipinski definition) is 3. The van der Waals surface area contributed by atoms with Gasteiger partial charge >= 0.3 is 0 Å². The standard InChI is InChI=1S/C19H20N6O3S/c1-2-3-11-25-18-12(7-6-10-21-18)16(23-20)15(19(25)26)17-22-13-8-4-5-9-14(13)29(27,28)24-17/h4-10,23H,2-3,11,20H2,1H3,(H,22,24). The Hall–Kier alpha value is -3.24. The molecule has 29 heavy (non-hydrogen) atoms. The van der Waals surface area contributed by atoms with Gasteiger partial charge in [0.2, 0.25) is 0 Å². The average Bonchev–Trinajstić information content (AvgIpc) is 2.72. The zero-order valence-electron chi connectivity index (χ0n) is 15.7. The molecule has 10 heteroatoms. The molecule has 0 unspecified atom stereocenters. The average molecular weight is 412 g/mol. The molecule has 0 fully saturated rings. The minimum Gasteiger partial charge on any atom is -0.338 e. The number of benzene rings is 1. The van der Waals surface area contributed by atoms with Crippen LogP contribution in [0, 0.1) is 0 Å². The van der Waals surface area contributed by atoms with Crippen molar-refractivity contribution in [3.05, 3.63) is 58.5 Å². The molecule has 1 aromatic carbocycles. The van der Waals surface area contributed by atoms with E-state index in [0.717, 1.165) is 12.8 Å². The van der Waals surface area contributed by atoms with Gasteiger partial charge in [-0.3, -0.25) is 15.2 Å². The molecule has 0 radical (unpaired) electrons. The van der Waals surface area contributed by atoms with Crippen molar-refractivity contribution in [2.75, 3.05) is 10.7 Å². The van der Waals surface area contributed by atoms with Crippen molar-refractivity contribution in [1.29, 1.82) is 0 Å². The van der Waals surface area contributed by atoms with Gasteiger partial charge in [-0.05, 0) is 30.7 Å². The van der Waals surface area contributed by atoms with E-state index in [1.807, 2.05) is 6.92 Å². The largest absolute Gasteiger partial charge is 0.338 e. The number of nitrogen functional groups attached to an aromatic ring is 1. The third kappa shape index (κ3) is 3.15. The summed E-state index contributed by atoms with van der Waals surface area (Å²) in [6, 6.07) is 9.90. The molecular weight excluding hydrogens is 392 g/mol. The van der Waals surface area contributed by atoms with Gasteiger partial charge in [-0.2, -0.15) is 8.42 Å². The van der Waals surface area contributed by atoms with E-state index < -0.39 is 15.6 Å². The first-order valence-electron chi connectivity index (χ1n) is 9.17. The van der Waals surface area contributed by atoms with Crippen LogP contribution in [0.15, 0.2) is 56.7 Å². The van der Waals surface area contributed by atoms with Crippen molar-refractivity contribution in [1.82, 2.24) is 9.55 Å². The van der Waals surface area contributed by atoms with Crippen LogP contribution in [0.1, 0.15) is 25.3 Å². The van der Waals surface area contributed by atoms with Crippen molar-refractivity contribution in [2.24, 2.45) is 10.2 Å². The van der Waals surface area contributed by atoms with Crippen LogP contribution in [0.2, 0.25) is 0 Å². The molecule has 9 nitrogen and oxygen atoms in total.